The Hall–Kier alpha value is -1.22. The van der Waals surface area contributed by atoms with Crippen LogP contribution >= 0.6 is 0 Å². The Morgan fingerprint density at radius 1 is 1.35 bits per heavy atom. The largest absolute Gasteiger partial charge is 0.492 e. The van der Waals surface area contributed by atoms with Crippen LogP contribution in [0.1, 0.15) is 32.8 Å². The Bertz CT molecular complexity index is 339. The highest BCUT2D eigenvalue weighted by Gasteiger charge is 2.05. The molecule has 1 atom stereocenters. The normalized spacial score (nSPS) is 12.4. The monoisotopic (exact) mass is 236 g/mol. The van der Waals surface area contributed by atoms with Gasteiger partial charge in [-0.1, -0.05) is 13.0 Å². The highest BCUT2D eigenvalue weighted by Crippen LogP contribution is 2.23. The zero-order chi connectivity index (χ0) is 12.7. The lowest BCUT2D eigenvalue weighted by atomic mass is 10.1. The van der Waals surface area contributed by atoms with Crippen molar-refractivity contribution in [2.45, 2.75) is 39.7 Å². The number of hydrogen-bond acceptors (Lipinski definition) is 3. The highest BCUT2D eigenvalue weighted by molar-refractivity contribution is 5.54. The molecule has 0 aliphatic carbocycles. The maximum absolute atomic E-state index is 5.94. The standard InChI is InChI=1S/C14H24N2O/c1-4-8-16-11(3)9-12-6-7-14(17-5-2)13(15)10-12/h6-7,10-11,16H,4-5,8-9,15H2,1-3H3. The van der Waals surface area contributed by atoms with E-state index in [4.69, 9.17) is 10.5 Å². The van der Waals surface area contributed by atoms with Gasteiger partial charge in [0.05, 0.1) is 12.3 Å². The van der Waals surface area contributed by atoms with Gasteiger partial charge in [-0.3, -0.25) is 0 Å². The maximum Gasteiger partial charge on any atom is 0.142 e. The van der Waals surface area contributed by atoms with Crippen molar-refractivity contribution < 1.29 is 4.74 Å². The van der Waals surface area contributed by atoms with Gasteiger partial charge in [0.15, 0.2) is 0 Å². The van der Waals surface area contributed by atoms with E-state index in [-0.39, 0.29) is 0 Å². The van der Waals surface area contributed by atoms with Gasteiger partial charge in [0.2, 0.25) is 0 Å². The minimum Gasteiger partial charge on any atom is -0.492 e. The molecule has 0 saturated carbocycles. The lowest BCUT2D eigenvalue weighted by Gasteiger charge is -2.14. The quantitative estimate of drug-likeness (QED) is 0.715. The van der Waals surface area contributed by atoms with Crippen LogP contribution < -0.4 is 15.8 Å². The number of hydrogen-bond donors (Lipinski definition) is 2. The summed E-state index contributed by atoms with van der Waals surface area (Å²) >= 11 is 0. The summed E-state index contributed by atoms with van der Waals surface area (Å²) in [5, 5.41) is 3.47. The van der Waals surface area contributed by atoms with Crippen LogP contribution in [0.3, 0.4) is 0 Å². The van der Waals surface area contributed by atoms with Crippen molar-refractivity contribution in [2.75, 3.05) is 18.9 Å². The van der Waals surface area contributed by atoms with Gasteiger partial charge >= 0.3 is 0 Å². The van der Waals surface area contributed by atoms with Crippen LogP contribution in [0.25, 0.3) is 0 Å². The minimum atomic E-state index is 0.479. The Balaban J connectivity index is 2.57. The summed E-state index contributed by atoms with van der Waals surface area (Å²) in [5.41, 5.74) is 7.92. The summed E-state index contributed by atoms with van der Waals surface area (Å²) in [7, 11) is 0. The third-order valence-electron chi connectivity index (χ3n) is 2.66. The molecule has 0 aromatic heterocycles. The van der Waals surface area contributed by atoms with E-state index in [1.165, 1.54) is 5.56 Å². The molecule has 0 amide bonds. The summed E-state index contributed by atoms with van der Waals surface area (Å²) in [6.07, 6.45) is 2.16. The summed E-state index contributed by atoms with van der Waals surface area (Å²) in [6, 6.07) is 6.54. The van der Waals surface area contributed by atoms with E-state index in [1.807, 2.05) is 19.1 Å². The van der Waals surface area contributed by atoms with Crippen molar-refractivity contribution in [1.82, 2.24) is 5.32 Å². The molecule has 3 heteroatoms. The fraction of sp³-hybridized carbons (Fsp3) is 0.571. The Kier molecular flexibility index (Phi) is 5.84. The van der Waals surface area contributed by atoms with Crippen LogP contribution in [-0.4, -0.2) is 19.2 Å². The predicted octanol–water partition coefficient (Wildman–Crippen LogP) is 2.60. The Morgan fingerprint density at radius 3 is 2.71 bits per heavy atom. The summed E-state index contributed by atoms with van der Waals surface area (Å²) < 4.78 is 5.42. The zero-order valence-electron chi connectivity index (χ0n) is 11.1. The molecule has 1 aromatic rings. The molecule has 0 aliphatic rings. The average molecular weight is 236 g/mol. The van der Waals surface area contributed by atoms with Crippen LogP contribution in [0.2, 0.25) is 0 Å². The summed E-state index contributed by atoms with van der Waals surface area (Å²) in [6.45, 7) is 8.05. The number of nitrogens with one attached hydrogen (secondary N) is 1. The van der Waals surface area contributed by atoms with Gasteiger partial charge in [0.25, 0.3) is 0 Å². The molecule has 96 valence electrons. The van der Waals surface area contributed by atoms with Crippen LogP contribution in [0.15, 0.2) is 18.2 Å². The van der Waals surface area contributed by atoms with Crippen LogP contribution in [0.4, 0.5) is 5.69 Å². The second-order valence-electron chi connectivity index (χ2n) is 4.36. The maximum atomic E-state index is 5.94. The van der Waals surface area contributed by atoms with Crippen LogP contribution in [0, 0.1) is 0 Å². The van der Waals surface area contributed by atoms with Gasteiger partial charge in [0.1, 0.15) is 5.75 Å². The van der Waals surface area contributed by atoms with Gasteiger partial charge in [-0.15, -0.1) is 0 Å². The van der Waals surface area contributed by atoms with Crippen molar-refractivity contribution in [3.63, 3.8) is 0 Å². The van der Waals surface area contributed by atoms with E-state index in [0.717, 1.165) is 30.8 Å². The molecule has 0 spiro atoms. The Morgan fingerprint density at radius 2 is 2.12 bits per heavy atom. The lowest BCUT2D eigenvalue weighted by molar-refractivity contribution is 0.342. The molecule has 0 heterocycles. The van der Waals surface area contributed by atoms with E-state index in [9.17, 15) is 0 Å². The van der Waals surface area contributed by atoms with Gasteiger partial charge < -0.3 is 15.8 Å². The van der Waals surface area contributed by atoms with E-state index in [2.05, 4.69) is 25.2 Å². The molecular weight excluding hydrogens is 212 g/mol. The first-order valence-electron chi connectivity index (χ1n) is 6.42. The molecule has 3 nitrogen and oxygen atoms in total. The van der Waals surface area contributed by atoms with Crippen molar-refractivity contribution in [3.8, 4) is 5.75 Å². The molecule has 1 unspecified atom stereocenters. The minimum absolute atomic E-state index is 0.479. The molecule has 1 aromatic carbocycles. The Labute approximate surface area is 104 Å². The smallest absolute Gasteiger partial charge is 0.142 e. The number of rotatable bonds is 7. The summed E-state index contributed by atoms with van der Waals surface area (Å²) in [4.78, 5) is 0. The first-order valence-corrected chi connectivity index (χ1v) is 6.42. The lowest BCUT2D eigenvalue weighted by Crippen LogP contribution is -2.28. The first kappa shape index (κ1) is 13.8. The number of ether oxygens (including phenoxy) is 1. The van der Waals surface area contributed by atoms with E-state index >= 15 is 0 Å². The number of nitrogen functional groups attached to an aromatic ring is 1. The number of nitrogens with two attached hydrogens (primary N) is 1. The highest BCUT2D eigenvalue weighted by atomic mass is 16.5. The first-order chi connectivity index (χ1) is 8.17. The SMILES string of the molecule is CCCNC(C)Cc1ccc(OCC)c(N)c1. The number of anilines is 1. The van der Waals surface area contributed by atoms with E-state index < -0.39 is 0 Å². The topological polar surface area (TPSA) is 47.3 Å². The molecule has 0 bridgehead atoms. The molecule has 17 heavy (non-hydrogen) atoms. The van der Waals surface area contributed by atoms with Crippen molar-refractivity contribution in [2.24, 2.45) is 0 Å². The molecular formula is C14H24N2O. The van der Waals surface area contributed by atoms with Gasteiger partial charge in [-0.2, -0.15) is 0 Å². The van der Waals surface area contributed by atoms with E-state index in [1.54, 1.807) is 0 Å². The third kappa shape index (κ3) is 4.65. The fourth-order valence-electron chi connectivity index (χ4n) is 1.83. The summed E-state index contributed by atoms with van der Waals surface area (Å²) in [5.74, 6) is 0.783. The number of benzene rings is 1. The van der Waals surface area contributed by atoms with Crippen LogP contribution in [-0.2, 0) is 6.42 Å². The second-order valence-corrected chi connectivity index (χ2v) is 4.36. The molecule has 0 saturated heterocycles. The molecule has 0 radical (unpaired) electrons. The van der Waals surface area contributed by atoms with Crippen molar-refractivity contribution in [3.05, 3.63) is 23.8 Å². The fourth-order valence-corrected chi connectivity index (χ4v) is 1.83. The van der Waals surface area contributed by atoms with Crippen molar-refractivity contribution in [1.29, 1.82) is 0 Å². The van der Waals surface area contributed by atoms with Gasteiger partial charge in [-0.05, 0) is 50.9 Å². The van der Waals surface area contributed by atoms with Crippen molar-refractivity contribution >= 4 is 5.69 Å². The van der Waals surface area contributed by atoms with Gasteiger partial charge in [-0.25, -0.2) is 0 Å². The molecule has 1 rings (SSSR count). The zero-order valence-corrected chi connectivity index (χ0v) is 11.1. The average Bonchev–Trinajstić information content (AvgIpc) is 2.30. The van der Waals surface area contributed by atoms with E-state index in [0.29, 0.717) is 12.6 Å². The third-order valence-corrected chi connectivity index (χ3v) is 2.66. The van der Waals surface area contributed by atoms with Gasteiger partial charge in [0, 0.05) is 6.04 Å². The van der Waals surface area contributed by atoms with Crippen LogP contribution in [0.5, 0.6) is 5.75 Å². The molecule has 3 N–H and O–H groups in total. The molecule has 0 fully saturated rings. The predicted molar refractivity (Wildman–Crippen MR) is 73.5 cm³/mol. The molecule has 0 aliphatic heterocycles. The second kappa shape index (κ2) is 7.17.